The van der Waals surface area contributed by atoms with E-state index in [0.29, 0.717) is 10.6 Å². The number of aliphatic hydroxyl groups excluding tert-OH is 1. The first-order chi connectivity index (χ1) is 8.04. The molecule has 3 nitrogen and oxygen atoms in total. The minimum atomic E-state index is -1.62. The van der Waals surface area contributed by atoms with Gasteiger partial charge in [-0.15, -0.1) is 11.3 Å². The first kappa shape index (κ1) is 12.1. The number of aromatic nitrogens is 1. The number of aliphatic hydroxyl groups is 2. The molecular weight excluding hydrogens is 248 g/mol. The van der Waals surface area contributed by atoms with Crippen LogP contribution >= 0.6 is 11.3 Å². The van der Waals surface area contributed by atoms with Crippen molar-refractivity contribution >= 4 is 11.3 Å². The predicted molar refractivity (Wildman–Crippen MR) is 58.5 cm³/mol. The van der Waals surface area contributed by atoms with E-state index in [-0.39, 0.29) is 12.1 Å². The van der Waals surface area contributed by atoms with Gasteiger partial charge in [-0.3, -0.25) is 0 Å². The third-order valence-electron chi connectivity index (χ3n) is 2.11. The molecule has 0 amide bonds. The monoisotopic (exact) mass is 257 g/mol. The number of halogens is 2. The van der Waals surface area contributed by atoms with Crippen LogP contribution in [0.2, 0.25) is 0 Å². The van der Waals surface area contributed by atoms with Crippen LogP contribution in [0.1, 0.15) is 22.6 Å². The summed E-state index contributed by atoms with van der Waals surface area (Å²) < 4.78 is 25.9. The smallest absolute Gasteiger partial charge is 0.196 e. The largest absolute Gasteiger partial charge is 0.363 e. The van der Waals surface area contributed by atoms with Crippen molar-refractivity contribution in [1.29, 1.82) is 0 Å². The van der Waals surface area contributed by atoms with Crippen molar-refractivity contribution in [3.63, 3.8) is 0 Å². The molecule has 17 heavy (non-hydrogen) atoms. The van der Waals surface area contributed by atoms with Crippen molar-refractivity contribution in [3.05, 3.63) is 51.5 Å². The Labute approximate surface area is 100.0 Å². The van der Waals surface area contributed by atoms with E-state index in [9.17, 15) is 8.78 Å². The zero-order valence-electron chi connectivity index (χ0n) is 8.60. The first-order valence-corrected chi connectivity index (χ1v) is 5.68. The summed E-state index contributed by atoms with van der Waals surface area (Å²) in [5.74, 6) is -1.28. The fourth-order valence-corrected chi connectivity index (χ4v) is 2.25. The van der Waals surface area contributed by atoms with Crippen molar-refractivity contribution in [2.45, 2.75) is 12.7 Å². The lowest BCUT2D eigenvalue weighted by Crippen LogP contribution is -1.96. The number of rotatable bonds is 3. The highest BCUT2D eigenvalue weighted by Gasteiger charge is 2.09. The van der Waals surface area contributed by atoms with Crippen LogP contribution in [0.25, 0.3) is 0 Å². The minimum Gasteiger partial charge on any atom is -0.363 e. The summed E-state index contributed by atoms with van der Waals surface area (Å²) >= 11 is 1.21. The average molecular weight is 257 g/mol. The molecule has 0 saturated carbocycles. The van der Waals surface area contributed by atoms with E-state index in [4.69, 9.17) is 10.2 Å². The molecule has 2 aromatic rings. The molecule has 0 unspecified atom stereocenters. The summed E-state index contributed by atoms with van der Waals surface area (Å²) in [7, 11) is 0. The summed E-state index contributed by atoms with van der Waals surface area (Å²) in [5, 5.41) is 19.8. The standard InChI is InChI=1S/C11H9F2NO2S/c12-7-1-6(2-8(13)4-7)3-10-14-9(5-17-10)11(15)16/h1-2,4-5,11,15-16H,3H2. The molecule has 0 fully saturated rings. The number of hydrogen-bond donors (Lipinski definition) is 2. The van der Waals surface area contributed by atoms with Crippen molar-refractivity contribution < 1.29 is 19.0 Å². The Morgan fingerprint density at radius 3 is 2.35 bits per heavy atom. The molecule has 2 rings (SSSR count). The minimum absolute atomic E-state index is 0.141. The van der Waals surface area contributed by atoms with Gasteiger partial charge in [0.2, 0.25) is 0 Å². The van der Waals surface area contributed by atoms with Crippen LogP contribution < -0.4 is 0 Å². The second-order valence-electron chi connectivity index (χ2n) is 3.49. The van der Waals surface area contributed by atoms with Crippen molar-refractivity contribution in [1.82, 2.24) is 4.98 Å². The lowest BCUT2D eigenvalue weighted by molar-refractivity contribution is -0.0454. The molecule has 0 bridgehead atoms. The quantitative estimate of drug-likeness (QED) is 0.827. The van der Waals surface area contributed by atoms with Crippen molar-refractivity contribution in [3.8, 4) is 0 Å². The highest BCUT2D eigenvalue weighted by Crippen LogP contribution is 2.19. The Hall–Kier alpha value is -1.37. The number of nitrogens with zero attached hydrogens (tertiary/aromatic N) is 1. The normalized spacial score (nSPS) is 11.1. The Morgan fingerprint density at radius 2 is 1.82 bits per heavy atom. The maximum atomic E-state index is 12.9. The van der Waals surface area contributed by atoms with Gasteiger partial charge >= 0.3 is 0 Å². The van der Waals surface area contributed by atoms with Gasteiger partial charge in [0.15, 0.2) is 6.29 Å². The van der Waals surface area contributed by atoms with Gasteiger partial charge in [0, 0.05) is 17.9 Å². The average Bonchev–Trinajstić information content (AvgIpc) is 2.64. The Balaban J connectivity index is 2.19. The van der Waals surface area contributed by atoms with E-state index in [0.717, 1.165) is 6.07 Å². The first-order valence-electron chi connectivity index (χ1n) is 4.80. The van der Waals surface area contributed by atoms with Crippen molar-refractivity contribution in [2.75, 3.05) is 0 Å². The summed E-state index contributed by atoms with van der Waals surface area (Å²) in [6.45, 7) is 0. The van der Waals surface area contributed by atoms with Gasteiger partial charge in [-0.2, -0.15) is 0 Å². The molecular formula is C11H9F2NO2S. The van der Waals surface area contributed by atoms with Gasteiger partial charge in [0.05, 0.1) is 5.01 Å². The van der Waals surface area contributed by atoms with Crippen LogP contribution in [0.15, 0.2) is 23.6 Å². The second-order valence-corrected chi connectivity index (χ2v) is 4.44. The van der Waals surface area contributed by atoms with E-state index in [1.54, 1.807) is 0 Å². The van der Waals surface area contributed by atoms with Crippen molar-refractivity contribution in [2.24, 2.45) is 0 Å². The van der Waals surface area contributed by atoms with E-state index >= 15 is 0 Å². The maximum Gasteiger partial charge on any atom is 0.196 e. The lowest BCUT2D eigenvalue weighted by Gasteiger charge is -1.99. The van der Waals surface area contributed by atoms with Gasteiger partial charge in [-0.1, -0.05) is 0 Å². The molecule has 90 valence electrons. The van der Waals surface area contributed by atoms with Crippen LogP contribution in [-0.4, -0.2) is 15.2 Å². The highest BCUT2D eigenvalue weighted by molar-refractivity contribution is 7.09. The van der Waals surface area contributed by atoms with Gasteiger partial charge in [-0.25, -0.2) is 13.8 Å². The lowest BCUT2D eigenvalue weighted by atomic mass is 10.1. The molecule has 1 heterocycles. The number of thiazole rings is 1. The number of benzene rings is 1. The molecule has 2 N–H and O–H groups in total. The SMILES string of the molecule is OC(O)c1csc(Cc2cc(F)cc(F)c2)n1. The van der Waals surface area contributed by atoms with Crippen LogP contribution in [0.5, 0.6) is 0 Å². The predicted octanol–water partition coefficient (Wildman–Crippen LogP) is 2.00. The molecule has 0 saturated heterocycles. The van der Waals surface area contributed by atoms with Gasteiger partial charge in [0.25, 0.3) is 0 Å². The molecule has 1 aromatic heterocycles. The molecule has 1 aromatic carbocycles. The molecule has 0 aliphatic heterocycles. The molecule has 0 aliphatic carbocycles. The van der Waals surface area contributed by atoms with E-state index in [1.165, 1.54) is 28.8 Å². The summed E-state index contributed by atoms with van der Waals surface area (Å²) in [4.78, 5) is 3.94. The molecule has 0 atom stereocenters. The van der Waals surface area contributed by atoms with Gasteiger partial charge < -0.3 is 10.2 Å². The zero-order chi connectivity index (χ0) is 12.4. The maximum absolute atomic E-state index is 12.9. The van der Waals surface area contributed by atoms with E-state index in [2.05, 4.69) is 4.98 Å². The molecule has 0 radical (unpaired) electrons. The second kappa shape index (κ2) is 4.87. The summed E-state index contributed by atoms with van der Waals surface area (Å²) in [6.07, 6.45) is -1.37. The summed E-state index contributed by atoms with van der Waals surface area (Å²) in [6, 6.07) is 3.24. The summed E-state index contributed by atoms with van der Waals surface area (Å²) in [5.41, 5.74) is 0.595. The molecule has 0 aliphatic rings. The van der Waals surface area contributed by atoms with E-state index < -0.39 is 17.9 Å². The van der Waals surface area contributed by atoms with Gasteiger partial charge in [0.1, 0.15) is 17.3 Å². The fourth-order valence-electron chi connectivity index (χ4n) is 1.41. The fraction of sp³-hybridized carbons (Fsp3) is 0.182. The zero-order valence-corrected chi connectivity index (χ0v) is 9.42. The van der Waals surface area contributed by atoms with Gasteiger partial charge in [-0.05, 0) is 17.7 Å². The van der Waals surface area contributed by atoms with Crippen LogP contribution in [-0.2, 0) is 6.42 Å². The Kier molecular flexibility index (Phi) is 3.46. The highest BCUT2D eigenvalue weighted by atomic mass is 32.1. The third-order valence-corrected chi connectivity index (χ3v) is 2.98. The van der Waals surface area contributed by atoms with Crippen LogP contribution in [0.3, 0.4) is 0 Å². The van der Waals surface area contributed by atoms with E-state index in [1.807, 2.05) is 0 Å². The number of hydrogen-bond acceptors (Lipinski definition) is 4. The Bertz CT molecular complexity index is 508. The third kappa shape index (κ3) is 3.06. The molecule has 0 spiro atoms. The molecule has 6 heteroatoms. The Morgan fingerprint density at radius 1 is 1.18 bits per heavy atom. The van der Waals surface area contributed by atoms with Crippen LogP contribution in [0.4, 0.5) is 8.78 Å². The topological polar surface area (TPSA) is 53.4 Å². The van der Waals surface area contributed by atoms with Crippen LogP contribution in [0, 0.1) is 11.6 Å².